The minimum atomic E-state index is -0.488. The first-order valence-electron chi connectivity index (χ1n) is 5.94. The van der Waals surface area contributed by atoms with E-state index in [1.165, 1.54) is 7.05 Å². The third kappa shape index (κ3) is 4.03. The van der Waals surface area contributed by atoms with E-state index in [-0.39, 0.29) is 0 Å². The van der Waals surface area contributed by atoms with Crippen molar-refractivity contribution in [2.45, 2.75) is 6.61 Å². The number of ether oxygens (including phenoxy) is 2. The standard InChI is InChI=1S/C15H15NO3/c1-16-15(17)19-14-9-7-13(8-10-14)18-11-12-5-3-2-4-6-12/h2-10H,11H2,1H3,(H,16,17). The molecular formula is C15H15NO3. The average molecular weight is 257 g/mol. The molecule has 0 fully saturated rings. The maximum atomic E-state index is 11.0. The van der Waals surface area contributed by atoms with Crippen LogP contribution in [0.1, 0.15) is 5.56 Å². The Morgan fingerprint density at radius 2 is 1.63 bits per heavy atom. The molecule has 0 spiro atoms. The molecule has 0 unspecified atom stereocenters. The van der Waals surface area contributed by atoms with Crippen LogP contribution in [-0.2, 0) is 6.61 Å². The third-order valence-electron chi connectivity index (χ3n) is 2.49. The Labute approximate surface area is 112 Å². The predicted octanol–water partition coefficient (Wildman–Crippen LogP) is 2.98. The van der Waals surface area contributed by atoms with Crippen molar-refractivity contribution >= 4 is 6.09 Å². The van der Waals surface area contributed by atoms with Gasteiger partial charge in [-0.1, -0.05) is 30.3 Å². The molecule has 0 bridgehead atoms. The molecular weight excluding hydrogens is 242 g/mol. The summed E-state index contributed by atoms with van der Waals surface area (Å²) in [7, 11) is 1.51. The van der Waals surface area contributed by atoms with Crippen molar-refractivity contribution < 1.29 is 14.3 Å². The quantitative estimate of drug-likeness (QED) is 0.916. The van der Waals surface area contributed by atoms with E-state index in [2.05, 4.69) is 5.32 Å². The van der Waals surface area contributed by atoms with Crippen molar-refractivity contribution in [1.82, 2.24) is 5.32 Å². The lowest BCUT2D eigenvalue weighted by Crippen LogP contribution is -2.21. The molecule has 0 atom stereocenters. The molecule has 2 aromatic carbocycles. The monoisotopic (exact) mass is 257 g/mol. The summed E-state index contributed by atoms with van der Waals surface area (Å²) in [6, 6.07) is 16.8. The highest BCUT2D eigenvalue weighted by molar-refractivity contribution is 5.69. The van der Waals surface area contributed by atoms with Crippen molar-refractivity contribution in [3.63, 3.8) is 0 Å². The number of rotatable bonds is 4. The fourth-order valence-corrected chi connectivity index (χ4v) is 1.50. The van der Waals surface area contributed by atoms with Gasteiger partial charge in [-0.15, -0.1) is 0 Å². The summed E-state index contributed by atoms with van der Waals surface area (Å²) >= 11 is 0. The average Bonchev–Trinajstić information content (AvgIpc) is 2.47. The highest BCUT2D eigenvalue weighted by Crippen LogP contribution is 2.18. The van der Waals surface area contributed by atoms with Crippen LogP contribution in [0, 0.1) is 0 Å². The van der Waals surface area contributed by atoms with Crippen LogP contribution in [0.2, 0.25) is 0 Å². The molecule has 4 nitrogen and oxygen atoms in total. The smallest absolute Gasteiger partial charge is 0.412 e. The van der Waals surface area contributed by atoms with Crippen LogP contribution in [0.4, 0.5) is 4.79 Å². The van der Waals surface area contributed by atoms with Gasteiger partial charge in [0.05, 0.1) is 0 Å². The molecule has 0 aromatic heterocycles. The van der Waals surface area contributed by atoms with Crippen LogP contribution in [0.5, 0.6) is 11.5 Å². The van der Waals surface area contributed by atoms with Crippen LogP contribution in [0.3, 0.4) is 0 Å². The molecule has 0 aliphatic heterocycles. The van der Waals surface area contributed by atoms with Crippen molar-refractivity contribution in [1.29, 1.82) is 0 Å². The van der Waals surface area contributed by atoms with Gasteiger partial charge in [-0.05, 0) is 29.8 Å². The van der Waals surface area contributed by atoms with E-state index in [9.17, 15) is 4.79 Å². The van der Waals surface area contributed by atoms with Gasteiger partial charge in [-0.3, -0.25) is 0 Å². The van der Waals surface area contributed by atoms with Crippen molar-refractivity contribution in [3.05, 3.63) is 60.2 Å². The number of benzene rings is 2. The lowest BCUT2D eigenvalue weighted by Gasteiger charge is -2.07. The molecule has 1 amide bonds. The topological polar surface area (TPSA) is 47.6 Å². The molecule has 0 saturated heterocycles. The number of carbonyl (C=O) groups excluding carboxylic acids is 1. The maximum Gasteiger partial charge on any atom is 0.412 e. The fraction of sp³-hybridized carbons (Fsp3) is 0.133. The Kier molecular flexibility index (Phi) is 4.39. The summed E-state index contributed by atoms with van der Waals surface area (Å²) in [6.45, 7) is 0.510. The number of nitrogens with one attached hydrogen (secondary N) is 1. The summed E-state index contributed by atoms with van der Waals surface area (Å²) in [4.78, 5) is 11.0. The van der Waals surface area contributed by atoms with Crippen LogP contribution in [0.15, 0.2) is 54.6 Å². The Morgan fingerprint density at radius 1 is 1.00 bits per heavy atom. The minimum Gasteiger partial charge on any atom is -0.489 e. The second-order valence-electron chi connectivity index (χ2n) is 3.89. The largest absolute Gasteiger partial charge is 0.489 e. The summed E-state index contributed by atoms with van der Waals surface area (Å²) < 4.78 is 10.6. The van der Waals surface area contributed by atoms with Gasteiger partial charge in [0.2, 0.25) is 0 Å². The predicted molar refractivity (Wildman–Crippen MR) is 72.3 cm³/mol. The SMILES string of the molecule is CNC(=O)Oc1ccc(OCc2ccccc2)cc1. The molecule has 2 rings (SSSR count). The van der Waals surface area contributed by atoms with Gasteiger partial charge in [0.1, 0.15) is 18.1 Å². The Morgan fingerprint density at radius 3 is 2.26 bits per heavy atom. The van der Waals surface area contributed by atoms with Crippen molar-refractivity contribution in [2.24, 2.45) is 0 Å². The first kappa shape index (κ1) is 13.0. The molecule has 98 valence electrons. The Hall–Kier alpha value is -2.49. The van der Waals surface area contributed by atoms with E-state index in [1.807, 2.05) is 30.3 Å². The molecule has 19 heavy (non-hydrogen) atoms. The van der Waals surface area contributed by atoms with Crippen molar-refractivity contribution in [2.75, 3.05) is 7.05 Å². The zero-order valence-electron chi connectivity index (χ0n) is 10.6. The number of amides is 1. The second kappa shape index (κ2) is 6.44. The van der Waals surface area contributed by atoms with Crippen LogP contribution < -0.4 is 14.8 Å². The summed E-state index contributed by atoms with van der Waals surface area (Å²) in [5.74, 6) is 1.21. The normalized spacial score (nSPS) is 9.74. The lowest BCUT2D eigenvalue weighted by molar-refractivity contribution is 0.203. The maximum absolute atomic E-state index is 11.0. The zero-order valence-corrected chi connectivity index (χ0v) is 10.6. The lowest BCUT2D eigenvalue weighted by atomic mass is 10.2. The molecule has 0 saturated carbocycles. The fourth-order valence-electron chi connectivity index (χ4n) is 1.50. The Balaban J connectivity index is 1.90. The van der Waals surface area contributed by atoms with Crippen LogP contribution in [0.25, 0.3) is 0 Å². The highest BCUT2D eigenvalue weighted by Gasteiger charge is 2.01. The van der Waals surface area contributed by atoms with Crippen LogP contribution in [-0.4, -0.2) is 13.1 Å². The van der Waals surface area contributed by atoms with Gasteiger partial charge in [0.15, 0.2) is 0 Å². The molecule has 1 N–H and O–H groups in total. The van der Waals surface area contributed by atoms with Gasteiger partial charge in [-0.2, -0.15) is 0 Å². The molecule has 0 heterocycles. The third-order valence-corrected chi connectivity index (χ3v) is 2.49. The molecule has 0 aliphatic rings. The van der Waals surface area contributed by atoms with E-state index >= 15 is 0 Å². The first-order chi connectivity index (χ1) is 9.28. The van der Waals surface area contributed by atoms with Gasteiger partial charge in [0.25, 0.3) is 0 Å². The molecule has 0 aliphatic carbocycles. The number of hydrogen-bond donors (Lipinski definition) is 1. The van der Waals surface area contributed by atoms with Gasteiger partial charge < -0.3 is 14.8 Å². The second-order valence-corrected chi connectivity index (χ2v) is 3.89. The molecule has 4 heteroatoms. The number of carbonyl (C=O) groups is 1. The van der Waals surface area contributed by atoms with E-state index in [0.29, 0.717) is 12.4 Å². The van der Waals surface area contributed by atoms with Gasteiger partial charge in [0, 0.05) is 7.05 Å². The summed E-state index contributed by atoms with van der Waals surface area (Å²) in [6.07, 6.45) is -0.488. The molecule has 0 radical (unpaired) electrons. The highest BCUT2D eigenvalue weighted by atomic mass is 16.6. The van der Waals surface area contributed by atoms with E-state index in [1.54, 1.807) is 24.3 Å². The van der Waals surface area contributed by atoms with Gasteiger partial charge in [-0.25, -0.2) is 4.79 Å². The summed E-state index contributed by atoms with van der Waals surface area (Å²) in [5, 5.41) is 2.38. The van der Waals surface area contributed by atoms with Crippen LogP contribution >= 0.6 is 0 Å². The Bertz CT molecular complexity index is 523. The van der Waals surface area contributed by atoms with Crippen molar-refractivity contribution in [3.8, 4) is 11.5 Å². The first-order valence-corrected chi connectivity index (χ1v) is 5.94. The number of hydrogen-bond acceptors (Lipinski definition) is 3. The summed E-state index contributed by atoms with van der Waals surface area (Å²) in [5.41, 5.74) is 1.10. The van der Waals surface area contributed by atoms with E-state index < -0.39 is 6.09 Å². The van der Waals surface area contributed by atoms with E-state index in [4.69, 9.17) is 9.47 Å². The zero-order chi connectivity index (χ0) is 13.5. The van der Waals surface area contributed by atoms with Gasteiger partial charge >= 0.3 is 6.09 Å². The van der Waals surface area contributed by atoms with E-state index in [0.717, 1.165) is 11.3 Å². The minimum absolute atomic E-state index is 0.478. The molecule has 2 aromatic rings.